The van der Waals surface area contributed by atoms with E-state index in [2.05, 4.69) is 6.92 Å². The molecule has 3 heterocycles. The van der Waals surface area contributed by atoms with Gasteiger partial charge in [-0.1, -0.05) is 38.0 Å². The van der Waals surface area contributed by atoms with Crippen molar-refractivity contribution in [2.24, 2.45) is 0 Å². The molecule has 196 valence electrons. The predicted molar refractivity (Wildman–Crippen MR) is 140 cm³/mol. The van der Waals surface area contributed by atoms with Crippen molar-refractivity contribution in [2.45, 2.75) is 51.6 Å². The van der Waals surface area contributed by atoms with Gasteiger partial charge in [0.25, 0.3) is 5.91 Å². The highest BCUT2D eigenvalue weighted by atomic mass is 32.2. The van der Waals surface area contributed by atoms with E-state index in [1.54, 1.807) is 36.4 Å². The van der Waals surface area contributed by atoms with Crippen LogP contribution in [0.25, 0.3) is 11.0 Å². The van der Waals surface area contributed by atoms with Crippen molar-refractivity contribution in [1.29, 1.82) is 0 Å². The lowest BCUT2D eigenvalue weighted by atomic mass is 9.97. The molecular weight excluding hydrogens is 494 g/mol. The number of sulfone groups is 1. The number of hydrogen-bond donors (Lipinski definition) is 0. The van der Waals surface area contributed by atoms with Gasteiger partial charge in [0.2, 0.25) is 5.76 Å². The zero-order valence-corrected chi connectivity index (χ0v) is 21.9. The first kappa shape index (κ1) is 25.3. The van der Waals surface area contributed by atoms with E-state index in [0.29, 0.717) is 47.7 Å². The van der Waals surface area contributed by atoms with Crippen LogP contribution in [-0.2, 0) is 9.84 Å². The molecule has 2 aromatic carbocycles. The molecule has 9 heteroatoms. The maximum Gasteiger partial charge on any atom is 0.291 e. The third-order valence-corrected chi connectivity index (χ3v) is 8.75. The van der Waals surface area contributed by atoms with Gasteiger partial charge in [-0.15, -0.1) is 0 Å². The molecule has 2 unspecified atom stereocenters. The number of carbonyl (C=O) groups excluding carboxylic acids is 1. The normalized spacial score (nSPS) is 20.4. The topological polar surface area (TPSA) is 103 Å². The first-order valence-corrected chi connectivity index (χ1v) is 14.6. The Bertz CT molecular complexity index is 1490. The molecule has 0 N–H and O–H groups in total. The van der Waals surface area contributed by atoms with Gasteiger partial charge in [-0.2, -0.15) is 0 Å². The third kappa shape index (κ3) is 4.72. The molecule has 5 rings (SSSR count). The van der Waals surface area contributed by atoms with Gasteiger partial charge in [0, 0.05) is 6.04 Å². The van der Waals surface area contributed by atoms with Crippen molar-refractivity contribution in [2.75, 3.05) is 24.7 Å². The van der Waals surface area contributed by atoms with Crippen molar-refractivity contribution in [3.05, 3.63) is 69.6 Å². The van der Waals surface area contributed by atoms with Gasteiger partial charge >= 0.3 is 0 Å². The number of nitrogens with zero attached hydrogens (tertiary/aromatic N) is 1. The summed E-state index contributed by atoms with van der Waals surface area (Å²) < 4.78 is 42.5. The van der Waals surface area contributed by atoms with Crippen LogP contribution in [0, 0.1) is 0 Å². The molecule has 1 aromatic heterocycles. The summed E-state index contributed by atoms with van der Waals surface area (Å²) in [7, 11) is -3.28. The van der Waals surface area contributed by atoms with Gasteiger partial charge in [0.1, 0.15) is 5.58 Å². The largest absolute Gasteiger partial charge is 0.490 e. The van der Waals surface area contributed by atoms with Gasteiger partial charge in [-0.25, -0.2) is 8.42 Å². The highest BCUT2D eigenvalue weighted by Gasteiger charge is 2.48. The van der Waals surface area contributed by atoms with Gasteiger partial charge in [0.15, 0.2) is 26.8 Å². The molecule has 2 aliphatic rings. The van der Waals surface area contributed by atoms with Crippen LogP contribution in [0.5, 0.6) is 11.5 Å². The van der Waals surface area contributed by atoms with Crippen molar-refractivity contribution in [3.8, 4) is 11.5 Å². The minimum atomic E-state index is -3.28. The van der Waals surface area contributed by atoms with Gasteiger partial charge in [-0.05, 0) is 49.6 Å². The van der Waals surface area contributed by atoms with Crippen LogP contribution in [0.1, 0.15) is 67.3 Å². The third-order valence-electron chi connectivity index (χ3n) is 7.00. The summed E-state index contributed by atoms with van der Waals surface area (Å²) in [6, 6.07) is 10.8. The second kappa shape index (κ2) is 10.2. The molecule has 2 atom stereocenters. The van der Waals surface area contributed by atoms with Crippen LogP contribution in [0.4, 0.5) is 0 Å². The fourth-order valence-electron chi connectivity index (χ4n) is 5.25. The molecule has 1 saturated heterocycles. The Labute approximate surface area is 216 Å². The van der Waals surface area contributed by atoms with Crippen LogP contribution >= 0.6 is 0 Å². The number of amides is 1. The van der Waals surface area contributed by atoms with Crippen LogP contribution in [0.15, 0.2) is 51.7 Å². The molecule has 0 bridgehead atoms. The highest BCUT2D eigenvalue weighted by Crippen LogP contribution is 2.43. The minimum absolute atomic E-state index is 0.00258. The van der Waals surface area contributed by atoms with Crippen LogP contribution in [0.3, 0.4) is 0 Å². The summed E-state index contributed by atoms with van der Waals surface area (Å²) in [6.07, 6.45) is 3.38. The fraction of sp³-hybridized carbons (Fsp3) is 0.429. The van der Waals surface area contributed by atoms with Crippen LogP contribution in [0.2, 0.25) is 0 Å². The molecule has 0 aliphatic carbocycles. The first-order valence-electron chi connectivity index (χ1n) is 12.8. The van der Waals surface area contributed by atoms with Gasteiger partial charge < -0.3 is 18.8 Å². The Morgan fingerprint density at radius 1 is 1.03 bits per heavy atom. The van der Waals surface area contributed by atoms with Crippen LogP contribution < -0.4 is 14.9 Å². The summed E-state index contributed by atoms with van der Waals surface area (Å²) in [5.74, 6) is 0.461. The zero-order chi connectivity index (χ0) is 26.2. The zero-order valence-electron chi connectivity index (χ0n) is 21.1. The van der Waals surface area contributed by atoms with E-state index < -0.39 is 27.8 Å². The summed E-state index contributed by atoms with van der Waals surface area (Å²) in [5, 5.41) is 0.376. The maximum atomic E-state index is 13.7. The number of para-hydroxylation sites is 1. The van der Waals surface area contributed by atoms with E-state index in [-0.39, 0.29) is 28.3 Å². The Balaban J connectivity index is 1.63. The second-order valence-corrected chi connectivity index (χ2v) is 11.8. The lowest BCUT2D eigenvalue weighted by Gasteiger charge is -2.30. The molecule has 2 aliphatic heterocycles. The standard InChI is InChI=1S/C28H31NO7S/c1-3-5-8-14-35-22-12-11-18(16-23(22)34-4-2)25-24-26(30)20-9-6-7-10-21(20)36-27(24)28(31)29(25)19-13-15-37(32,33)17-19/h6-7,9-12,16,19,25H,3-5,8,13-15,17H2,1-2H3. The lowest BCUT2D eigenvalue weighted by molar-refractivity contribution is 0.0662. The van der Waals surface area contributed by atoms with E-state index in [1.165, 1.54) is 4.90 Å². The summed E-state index contributed by atoms with van der Waals surface area (Å²) in [6.45, 7) is 4.96. The molecule has 37 heavy (non-hydrogen) atoms. The Kier molecular flexibility index (Phi) is 6.98. The second-order valence-electron chi connectivity index (χ2n) is 9.54. The minimum Gasteiger partial charge on any atom is -0.490 e. The van der Waals surface area contributed by atoms with Gasteiger partial charge in [-0.3, -0.25) is 9.59 Å². The summed E-state index contributed by atoms with van der Waals surface area (Å²) in [4.78, 5) is 28.9. The molecule has 1 fully saturated rings. The quantitative estimate of drug-likeness (QED) is 0.379. The number of benzene rings is 2. The summed E-state index contributed by atoms with van der Waals surface area (Å²) in [5.41, 5.74) is 0.900. The average molecular weight is 526 g/mol. The molecule has 0 radical (unpaired) electrons. The van der Waals surface area contributed by atoms with Crippen molar-refractivity contribution < 1.29 is 27.1 Å². The maximum absolute atomic E-state index is 13.7. The van der Waals surface area contributed by atoms with E-state index in [4.69, 9.17) is 13.9 Å². The predicted octanol–water partition coefficient (Wildman–Crippen LogP) is 4.49. The van der Waals surface area contributed by atoms with E-state index in [0.717, 1.165) is 19.3 Å². The summed E-state index contributed by atoms with van der Waals surface area (Å²) >= 11 is 0. The first-order chi connectivity index (χ1) is 17.8. The van der Waals surface area contributed by atoms with Crippen molar-refractivity contribution in [1.82, 2.24) is 4.90 Å². The Hall–Kier alpha value is -3.33. The number of ether oxygens (including phenoxy) is 2. The molecule has 1 amide bonds. The smallest absolute Gasteiger partial charge is 0.291 e. The fourth-order valence-corrected chi connectivity index (χ4v) is 6.96. The number of carbonyl (C=O) groups is 1. The highest BCUT2D eigenvalue weighted by molar-refractivity contribution is 7.91. The van der Waals surface area contributed by atoms with E-state index in [1.807, 2.05) is 13.0 Å². The van der Waals surface area contributed by atoms with Gasteiger partial charge in [0.05, 0.1) is 41.7 Å². The number of hydrogen-bond acceptors (Lipinski definition) is 7. The molecule has 8 nitrogen and oxygen atoms in total. The molecular formula is C28H31NO7S. The number of unbranched alkanes of at least 4 members (excludes halogenated alkanes) is 2. The Morgan fingerprint density at radius 2 is 1.84 bits per heavy atom. The van der Waals surface area contributed by atoms with Crippen LogP contribution in [-0.4, -0.2) is 50.0 Å². The molecule has 3 aromatic rings. The monoisotopic (exact) mass is 525 g/mol. The lowest BCUT2D eigenvalue weighted by Crippen LogP contribution is -2.40. The average Bonchev–Trinajstić information content (AvgIpc) is 3.39. The number of fused-ring (bicyclic) bond motifs is 2. The van der Waals surface area contributed by atoms with E-state index >= 15 is 0 Å². The Morgan fingerprint density at radius 3 is 2.57 bits per heavy atom. The number of rotatable bonds is 9. The molecule has 0 saturated carbocycles. The van der Waals surface area contributed by atoms with E-state index in [9.17, 15) is 18.0 Å². The van der Waals surface area contributed by atoms with Crippen molar-refractivity contribution >= 4 is 26.7 Å². The SMILES string of the molecule is CCCCCOc1ccc(C2c3c(oc4ccccc4c3=O)C(=O)N2C2CCS(=O)(=O)C2)cc1OCC. The van der Waals surface area contributed by atoms with Crippen molar-refractivity contribution in [3.63, 3.8) is 0 Å². The molecule has 0 spiro atoms.